The van der Waals surface area contributed by atoms with Crippen LogP contribution in [0.5, 0.6) is 0 Å². The zero-order valence-electron chi connectivity index (χ0n) is 11.4. The van der Waals surface area contributed by atoms with E-state index in [1.807, 2.05) is 0 Å². The molecule has 0 aliphatic heterocycles. The van der Waals surface area contributed by atoms with Gasteiger partial charge in [0.25, 0.3) is 0 Å². The molecule has 1 nitrogen and oxygen atoms in total. The molecule has 0 spiro atoms. The quantitative estimate of drug-likeness (QED) is 0.698. The Morgan fingerprint density at radius 1 is 0.938 bits per heavy atom. The molecule has 0 amide bonds. The topological polar surface area (TPSA) is 3.24 Å². The van der Waals surface area contributed by atoms with Gasteiger partial charge in [0.1, 0.15) is 0 Å². The average molecular weight is 235 g/mol. The van der Waals surface area contributed by atoms with Crippen LogP contribution in [-0.2, 0) is 6.04 Å². The van der Waals surface area contributed by atoms with Gasteiger partial charge in [-0.15, -0.1) is 0 Å². The van der Waals surface area contributed by atoms with E-state index in [2.05, 4.69) is 62.7 Å². The summed E-state index contributed by atoms with van der Waals surface area (Å²) in [6, 6.07) is 10.4. The first kappa shape index (κ1) is 13.3. The van der Waals surface area contributed by atoms with Gasteiger partial charge < -0.3 is 4.90 Å². The van der Waals surface area contributed by atoms with Crippen molar-refractivity contribution in [2.75, 3.05) is 18.0 Å². The minimum absolute atomic E-state index is 0.973. The minimum atomic E-state index is -0.973. The molecule has 2 heteroatoms. The van der Waals surface area contributed by atoms with Crippen LogP contribution >= 0.6 is 0 Å². The number of anilines is 1. The van der Waals surface area contributed by atoms with Crippen molar-refractivity contribution in [3.63, 3.8) is 0 Å². The highest BCUT2D eigenvalue weighted by Crippen LogP contribution is 2.17. The van der Waals surface area contributed by atoms with Gasteiger partial charge in [-0.3, -0.25) is 0 Å². The van der Waals surface area contributed by atoms with Gasteiger partial charge in [-0.1, -0.05) is 37.3 Å². The summed E-state index contributed by atoms with van der Waals surface area (Å²) >= 11 is 0. The SMILES string of the molecule is CCN(CC)c1ccc(C[Si](C)(C)C)cc1. The minimum Gasteiger partial charge on any atom is -0.372 e. The first-order chi connectivity index (χ1) is 7.46. The van der Waals surface area contributed by atoms with Crippen LogP contribution in [0.15, 0.2) is 24.3 Å². The second-order valence-corrected chi connectivity index (χ2v) is 11.1. The van der Waals surface area contributed by atoms with Crippen molar-refractivity contribution in [3.05, 3.63) is 29.8 Å². The molecule has 1 aromatic rings. The lowest BCUT2D eigenvalue weighted by Crippen LogP contribution is -2.24. The van der Waals surface area contributed by atoms with Gasteiger partial charge in [-0.2, -0.15) is 0 Å². The van der Waals surface area contributed by atoms with E-state index in [0.29, 0.717) is 0 Å². The Morgan fingerprint density at radius 3 is 1.81 bits per heavy atom. The number of rotatable bonds is 5. The maximum atomic E-state index is 2.42. The summed E-state index contributed by atoms with van der Waals surface area (Å²) in [5, 5.41) is 0. The maximum Gasteiger partial charge on any atom is 0.0487 e. The van der Waals surface area contributed by atoms with Crippen molar-refractivity contribution < 1.29 is 0 Å². The molecular weight excluding hydrogens is 210 g/mol. The van der Waals surface area contributed by atoms with Gasteiger partial charge >= 0.3 is 0 Å². The van der Waals surface area contributed by atoms with Crippen LogP contribution in [0.2, 0.25) is 19.6 Å². The summed E-state index contributed by atoms with van der Waals surface area (Å²) in [6.45, 7) is 13.9. The van der Waals surface area contributed by atoms with Crippen molar-refractivity contribution in [1.82, 2.24) is 0 Å². The largest absolute Gasteiger partial charge is 0.372 e. The second-order valence-electron chi connectivity index (χ2n) is 5.58. The van der Waals surface area contributed by atoms with E-state index in [1.54, 1.807) is 0 Å². The van der Waals surface area contributed by atoms with Crippen LogP contribution in [0.4, 0.5) is 5.69 Å². The molecule has 16 heavy (non-hydrogen) atoms. The Bertz CT molecular complexity index is 307. The van der Waals surface area contributed by atoms with Gasteiger partial charge in [0.05, 0.1) is 0 Å². The van der Waals surface area contributed by atoms with Gasteiger partial charge in [0.2, 0.25) is 0 Å². The number of hydrogen-bond acceptors (Lipinski definition) is 1. The molecule has 0 fully saturated rings. The fraction of sp³-hybridized carbons (Fsp3) is 0.571. The third-order valence-electron chi connectivity index (χ3n) is 2.80. The molecule has 0 radical (unpaired) electrons. The first-order valence-electron chi connectivity index (χ1n) is 6.30. The molecule has 0 bridgehead atoms. The fourth-order valence-electron chi connectivity index (χ4n) is 2.03. The van der Waals surface area contributed by atoms with Crippen molar-refractivity contribution in [2.24, 2.45) is 0 Å². The molecule has 0 unspecified atom stereocenters. The highest BCUT2D eigenvalue weighted by molar-refractivity contribution is 6.75. The molecule has 0 aliphatic rings. The normalized spacial score (nSPS) is 11.6. The van der Waals surface area contributed by atoms with E-state index in [0.717, 1.165) is 13.1 Å². The maximum absolute atomic E-state index is 2.42. The third-order valence-corrected chi connectivity index (χ3v) is 4.27. The molecule has 0 saturated heterocycles. The predicted molar refractivity (Wildman–Crippen MR) is 77.1 cm³/mol. The summed E-state index contributed by atoms with van der Waals surface area (Å²) < 4.78 is 0. The van der Waals surface area contributed by atoms with Crippen LogP contribution in [0, 0.1) is 0 Å². The standard InChI is InChI=1S/C14H25NSi/c1-6-15(7-2)14-10-8-13(9-11-14)12-16(3,4)5/h8-11H,6-7,12H2,1-5H3. The molecule has 0 aliphatic carbocycles. The van der Waals surface area contributed by atoms with Crippen LogP contribution in [0.3, 0.4) is 0 Å². The van der Waals surface area contributed by atoms with Crippen molar-refractivity contribution >= 4 is 13.8 Å². The molecule has 0 atom stereocenters. The Morgan fingerprint density at radius 2 is 1.44 bits per heavy atom. The lowest BCUT2D eigenvalue weighted by atomic mass is 10.2. The molecule has 90 valence electrons. The summed E-state index contributed by atoms with van der Waals surface area (Å²) in [5.74, 6) is 0. The fourth-order valence-corrected chi connectivity index (χ4v) is 3.49. The van der Waals surface area contributed by atoms with E-state index >= 15 is 0 Å². The van der Waals surface area contributed by atoms with E-state index < -0.39 is 8.07 Å². The molecule has 1 rings (SSSR count). The van der Waals surface area contributed by atoms with Crippen molar-refractivity contribution in [3.8, 4) is 0 Å². The molecule has 0 saturated carbocycles. The molecule has 0 N–H and O–H groups in total. The smallest absolute Gasteiger partial charge is 0.0487 e. The van der Waals surface area contributed by atoms with Crippen LogP contribution in [0.1, 0.15) is 19.4 Å². The number of nitrogens with zero attached hydrogens (tertiary/aromatic N) is 1. The Hall–Kier alpha value is -0.763. The van der Waals surface area contributed by atoms with Crippen LogP contribution in [-0.4, -0.2) is 21.2 Å². The zero-order valence-corrected chi connectivity index (χ0v) is 12.4. The van der Waals surface area contributed by atoms with Crippen LogP contribution in [0.25, 0.3) is 0 Å². The van der Waals surface area contributed by atoms with Crippen molar-refractivity contribution in [2.45, 2.75) is 39.5 Å². The van der Waals surface area contributed by atoms with Gasteiger partial charge in [-0.05, 0) is 32.0 Å². The van der Waals surface area contributed by atoms with E-state index in [-0.39, 0.29) is 0 Å². The molecular formula is C14H25NSi. The lowest BCUT2D eigenvalue weighted by molar-refractivity contribution is 0.866. The van der Waals surface area contributed by atoms with E-state index in [1.165, 1.54) is 17.3 Å². The van der Waals surface area contributed by atoms with E-state index in [9.17, 15) is 0 Å². The predicted octanol–water partition coefficient (Wildman–Crippen LogP) is 3.95. The van der Waals surface area contributed by atoms with Gasteiger partial charge in [0, 0.05) is 26.9 Å². The molecule has 1 aromatic carbocycles. The number of benzene rings is 1. The van der Waals surface area contributed by atoms with Gasteiger partial charge in [-0.25, -0.2) is 0 Å². The summed E-state index contributed by atoms with van der Waals surface area (Å²) in [6.07, 6.45) is 0. The molecule has 0 heterocycles. The highest BCUT2D eigenvalue weighted by Gasteiger charge is 2.13. The average Bonchev–Trinajstić information content (AvgIpc) is 2.20. The number of hydrogen-bond donors (Lipinski definition) is 0. The summed E-state index contributed by atoms with van der Waals surface area (Å²) in [4.78, 5) is 2.39. The summed E-state index contributed by atoms with van der Waals surface area (Å²) in [7, 11) is -0.973. The summed E-state index contributed by atoms with van der Waals surface area (Å²) in [5.41, 5.74) is 2.85. The molecule has 0 aromatic heterocycles. The second kappa shape index (κ2) is 5.53. The Labute approximate surface area is 101 Å². The zero-order chi connectivity index (χ0) is 12.2. The lowest BCUT2D eigenvalue weighted by Gasteiger charge is -2.22. The first-order valence-corrected chi connectivity index (χ1v) is 10.0. The monoisotopic (exact) mass is 235 g/mol. The van der Waals surface area contributed by atoms with Gasteiger partial charge in [0.15, 0.2) is 0 Å². The van der Waals surface area contributed by atoms with Crippen molar-refractivity contribution in [1.29, 1.82) is 0 Å². The Kier molecular flexibility index (Phi) is 4.60. The highest BCUT2D eigenvalue weighted by atomic mass is 28.3. The Balaban J connectivity index is 2.75. The third kappa shape index (κ3) is 4.01. The van der Waals surface area contributed by atoms with Crippen LogP contribution < -0.4 is 4.90 Å². The van der Waals surface area contributed by atoms with E-state index in [4.69, 9.17) is 0 Å².